The molecule has 2 aliphatic rings. The van der Waals surface area contributed by atoms with Gasteiger partial charge in [-0.3, -0.25) is 9.59 Å². The highest BCUT2D eigenvalue weighted by Crippen LogP contribution is 2.38. The predicted molar refractivity (Wildman–Crippen MR) is 92.9 cm³/mol. The summed E-state index contributed by atoms with van der Waals surface area (Å²) in [6.07, 6.45) is 2.36. The largest absolute Gasteiger partial charge is 0.356 e. The zero-order chi connectivity index (χ0) is 16.2. The summed E-state index contributed by atoms with van der Waals surface area (Å²) in [5.74, 6) is 0.445. The van der Waals surface area contributed by atoms with Gasteiger partial charge in [-0.2, -0.15) is 0 Å². The van der Waals surface area contributed by atoms with E-state index in [1.807, 2.05) is 6.07 Å². The molecule has 0 spiro atoms. The van der Waals surface area contributed by atoms with Crippen LogP contribution in [0.15, 0.2) is 23.1 Å². The molecule has 0 aromatic heterocycles. The minimum absolute atomic E-state index is 0.0685. The fourth-order valence-corrected chi connectivity index (χ4v) is 4.14. The number of amides is 2. The maximum Gasteiger partial charge on any atom is 0.238 e. The van der Waals surface area contributed by atoms with E-state index in [4.69, 9.17) is 11.6 Å². The number of fused-ring (bicyclic) bond motifs is 1. The molecule has 0 aliphatic carbocycles. The molecular formula is C16H20ClN3O2S. The van der Waals surface area contributed by atoms with Crippen LogP contribution in [0.2, 0.25) is 5.02 Å². The van der Waals surface area contributed by atoms with Crippen molar-refractivity contribution in [2.24, 2.45) is 5.92 Å². The minimum Gasteiger partial charge on any atom is -0.356 e. The van der Waals surface area contributed by atoms with Gasteiger partial charge in [0.2, 0.25) is 11.8 Å². The molecule has 3 rings (SSSR count). The van der Waals surface area contributed by atoms with Crippen LogP contribution in [0.25, 0.3) is 0 Å². The van der Waals surface area contributed by atoms with Crippen molar-refractivity contribution in [1.82, 2.24) is 10.6 Å². The summed E-state index contributed by atoms with van der Waals surface area (Å²) in [5, 5.41) is 9.26. The smallest absolute Gasteiger partial charge is 0.238 e. The average Bonchev–Trinajstić information content (AvgIpc) is 3.01. The first-order chi connectivity index (χ1) is 11.1. The second-order valence-corrected chi connectivity index (χ2v) is 7.62. The van der Waals surface area contributed by atoms with E-state index in [1.165, 1.54) is 18.2 Å². The van der Waals surface area contributed by atoms with E-state index in [0.717, 1.165) is 30.1 Å². The van der Waals surface area contributed by atoms with Crippen LogP contribution in [0.5, 0.6) is 0 Å². The summed E-state index contributed by atoms with van der Waals surface area (Å²) >= 11 is 7.35. The molecule has 2 aliphatic heterocycles. The van der Waals surface area contributed by atoms with Crippen molar-refractivity contribution in [2.45, 2.75) is 29.4 Å². The van der Waals surface area contributed by atoms with Crippen LogP contribution < -0.4 is 16.0 Å². The van der Waals surface area contributed by atoms with Crippen molar-refractivity contribution < 1.29 is 9.59 Å². The van der Waals surface area contributed by atoms with Crippen LogP contribution in [0.3, 0.4) is 0 Å². The highest BCUT2D eigenvalue weighted by molar-refractivity contribution is 8.01. The number of thioether (sulfide) groups is 1. The Morgan fingerprint density at radius 2 is 2.30 bits per heavy atom. The Morgan fingerprint density at radius 1 is 1.43 bits per heavy atom. The van der Waals surface area contributed by atoms with Gasteiger partial charge in [0.15, 0.2) is 0 Å². The van der Waals surface area contributed by atoms with Gasteiger partial charge in [0, 0.05) is 22.9 Å². The number of nitrogens with one attached hydrogen (secondary N) is 3. The summed E-state index contributed by atoms with van der Waals surface area (Å²) in [7, 11) is 0. The zero-order valence-electron chi connectivity index (χ0n) is 12.7. The van der Waals surface area contributed by atoms with Crippen LogP contribution in [-0.4, -0.2) is 36.7 Å². The average molecular weight is 354 g/mol. The Morgan fingerprint density at radius 3 is 3.09 bits per heavy atom. The number of benzene rings is 1. The quantitative estimate of drug-likeness (QED) is 0.759. The molecular weight excluding hydrogens is 334 g/mol. The molecule has 124 valence electrons. The van der Waals surface area contributed by atoms with E-state index < -0.39 is 5.25 Å². The number of carbonyl (C=O) groups excluding carboxylic acids is 2. The van der Waals surface area contributed by atoms with E-state index in [1.54, 1.807) is 12.1 Å². The van der Waals surface area contributed by atoms with E-state index in [9.17, 15) is 9.59 Å². The van der Waals surface area contributed by atoms with Gasteiger partial charge < -0.3 is 16.0 Å². The molecule has 3 N–H and O–H groups in total. The third kappa shape index (κ3) is 4.40. The lowest BCUT2D eigenvalue weighted by atomic mass is 10.1. The molecule has 0 bridgehead atoms. The Balaban J connectivity index is 1.48. The number of hydrogen-bond acceptors (Lipinski definition) is 4. The Hall–Kier alpha value is -1.24. The number of halogens is 1. The Kier molecular flexibility index (Phi) is 5.46. The standard InChI is InChI=1S/C16H20ClN3O2S/c17-11-1-2-13-12(7-11)20-16(22)14(23-13)8-15(21)19-6-4-10-3-5-18-9-10/h1-2,7,10,14,18H,3-6,8-9H2,(H,19,21)(H,20,22). The lowest BCUT2D eigenvalue weighted by molar-refractivity contribution is -0.124. The molecule has 2 amide bonds. The normalized spacial score (nSPS) is 23.3. The molecule has 5 nitrogen and oxygen atoms in total. The molecule has 7 heteroatoms. The monoisotopic (exact) mass is 353 g/mol. The first kappa shape index (κ1) is 16.6. The molecule has 1 saturated heterocycles. The van der Waals surface area contributed by atoms with Crippen LogP contribution in [0.4, 0.5) is 5.69 Å². The summed E-state index contributed by atoms with van der Waals surface area (Å²) in [6, 6.07) is 5.39. The summed E-state index contributed by atoms with van der Waals surface area (Å²) < 4.78 is 0. The van der Waals surface area contributed by atoms with E-state index in [0.29, 0.717) is 17.5 Å². The molecule has 2 unspecified atom stereocenters. The minimum atomic E-state index is -0.392. The molecule has 0 radical (unpaired) electrons. The van der Waals surface area contributed by atoms with Crippen molar-refractivity contribution in [3.05, 3.63) is 23.2 Å². The van der Waals surface area contributed by atoms with Crippen molar-refractivity contribution in [3.8, 4) is 0 Å². The van der Waals surface area contributed by atoms with E-state index in [-0.39, 0.29) is 18.2 Å². The molecule has 1 fully saturated rings. The van der Waals surface area contributed by atoms with Crippen LogP contribution >= 0.6 is 23.4 Å². The van der Waals surface area contributed by atoms with Crippen molar-refractivity contribution in [2.75, 3.05) is 25.0 Å². The summed E-state index contributed by atoms with van der Waals surface area (Å²) in [4.78, 5) is 25.1. The lowest BCUT2D eigenvalue weighted by Gasteiger charge is -2.23. The van der Waals surface area contributed by atoms with Crippen LogP contribution in [-0.2, 0) is 9.59 Å². The van der Waals surface area contributed by atoms with Gasteiger partial charge in [-0.25, -0.2) is 0 Å². The topological polar surface area (TPSA) is 70.2 Å². The highest BCUT2D eigenvalue weighted by atomic mass is 35.5. The highest BCUT2D eigenvalue weighted by Gasteiger charge is 2.29. The van der Waals surface area contributed by atoms with Crippen molar-refractivity contribution >= 4 is 40.9 Å². The Labute approximate surface area is 144 Å². The van der Waals surface area contributed by atoms with Gasteiger partial charge in [0.25, 0.3) is 0 Å². The summed E-state index contributed by atoms with van der Waals surface area (Å²) in [5.41, 5.74) is 0.720. The summed E-state index contributed by atoms with van der Waals surface area (Å²) in [6.45, 7) is 2.79. The SMILES string of the molecule is O=C(CC1Sc2ccc(Cl)cc2NC1=O)NCCC1CCNC1. The van der Waals surface area contributed by atoms with Gasteiger partial charge in [-0.1, -0.05) is 11.6 Å². The number of anilines is 1. The Bertz CT molecular complexity index is 605. The van der Waals surface area contributed by atoms with E-state index in [2.05, 4.69) is 16.0 Å². The van der Waals surface area contributed by atoms with Crippen LogP contribution in [0, 0.1) is 5.92 Å². The first-order valence-corrected chi connectivity index (χ1v) is 9.12. The molecule has 2 atom stereocenters. The maximum absolute atomic E-state index is 12.1. The predicted octanol–water partition coefficient (Wildman–Crippen LogP) is 2.26. The van der Waals surface area contributed by atoms with Crippen molar-refractivity contribution in [1.29, 1.82) is 0 Å². The number of hydrogen-bond donors (Lipinski definition) is 3. The molecule has 23 heavy (non-hydrogen) atoms. The number of carbonyl (C=O) groups is 2. The first-order valence-electron chi connectivity index (χ1n) is 7.86. The molecule has 2 heterocycles. The third-order valence-electron chi connectivity index (χ3n) is 4.17. The second-order valence-electron chi connectivity index (χ2n) is 5.94. The second kappa shape index (κ2) is 7.55. The van der Waals surface area contributed by atoms with Gasteiger partial charge in [-0.15, -0.1) is 11.8 Å². The van der Waals surface area contributed by atoms with E-state index >= 15 is 0 Å². The fraction of sp³-hybridized carbons (Fsp3) is 0.500. The third-order valence-corrected chi connectivity index (χ3v) is 5.68. The van der Waals surface area contributed by atoms with Gasteiger partial charge >= 0.3 is 0 Å². The molecule has 1 aromatic rings. The van der Waals surface area contributed by atoms with Crippen molar-refractivity contribution in [3.63, 3.8) is 0 Å². The van der Waals surface area contributed by atoms with Gasteiger partial charge in [0.05, 0.1) is 10.9 Å². The van der Waals surface area contributed by atoms with Crippen LogP contribution in [0.1, 0.15) is 19.3 Å². The number of rotatable bonds is 5. The van der Waals surface area contributed by atoms with Gasteiger partial charge in [0.1, 0.15) is 0 Å². The zero-order valence-corrected chi connectivity index (χ0v) is 14.3. The fourth-order valence-electron chi connectivity index (χ4n) is 2.87. The van der Waals surface area contributed by atoms with Gasteiger partial charge in [-0.05, 0) is 50.0 Å². The lowest BCUT2D eigenvalue weighted by Crippen LogP contribution is -2.35. The molecule has 1 aromatic carbocycles. The maximum atomic E-state index is 12.1. The molecule has 0 saturated carbocycles.